The highest BCUT2D eigenvalue weighted by molar-refractivity contribution is 7.90. The van der Waals surface area contributed by atoms with Crippen molar-refractivity contribution in [2.24, 2.45) is 4.40 Å². The van der Waals surface area contributed by atoms with Crippen LogP contribution in [0.25, 0.3) is 10.9 Å². The van der Waals surface area contributed by atoms with Gasteiger partial charge < -0.3 is 15.8 Å². The van der Waals surface area contributed by atoms with E-state index in [1.165, 1.54) is 29.9 Å². The van der Waals surface area contributed by atoms with Gasteiger partial charge in [0.15, 0.2) is 5.84 Å². The summed E-state index contributed by atoms with van der Waals surface area (Å²) in [7, 11) is -2.98. The third-order valence-electron chi connectivity index (χ3n) is 5.95. The van der Waals surface area contributed by atoms with Crippen molar-refractivity contribution in [2.75, 3.05) is 22.9 Å². The van der Waals surface area contributed by atoms with Gasteiger partial charge in [-0.05, 0) is 49.6 Å². The van der Waals surface area contributed by atoms with Crippen molar-refractivity contribution in [2.45, 2.75) is 30.2 Å². The van der Waals surface area contributed by atoms with Crippen molar-refractivity contribution in [3.8, 4) is 5.75 Å². The van der Waals surface area contributed by atoms with E-state index in [9.17, 15) is 22.5 Å². The molecular formula is C21H21N5O7S2. The molecule has 5 rings (SSSR count). The van der Waals surface area contributed by atoms with Gasteiger partial charge >= 0.3 is 11.4 Å². The fourth-order valence-corrected chi connectivity index (χ4v) is 5.40. The summed E-state index contributed by atoms with van der Waals surface area (Å²) < 4.78 is 55.7. The molecule has 35 heavy (non-hydrogen) atoms. The molecule has 4 N–H and O–H groups in total. The van der Waals surface area contributed by atoms with Crippen LogP contribution in [0.5, 0.6) is 5.75 Å². The Labute approximate surface area is 202 Å². The third kappa shape index (κ3) is 4.14. The molecule has 1 unspecified atom stereocenters. The number of para-hydroxylation sites is 1. The van der Waals surface area contributed by atoms with Crippen LogP contribution in [0, 0.1) is 0 Å². The van der Waals surface area contributed by atoms with Crippen LogP contribution < -0.4 is 21.4 Å². The summed E-state index contributed by atoms with van der Waals surface area (Å²) in [5.41, 5.74) is 2.98. The zero-order chi connectivity index (χ0) is 24.9. The van der Waals surface area contributed by atoms with E-state index in [2.05, 4.69) is 19.4 Å². The largest absolute Gasteiger partial charge is 0.506 e. The molecule has 14 heteroatoms. The number of rotatable bonds is 6. The Morgan fingerprint density at radius 2 is 2.00 bits per heavy atom. The lowest BCUT2D eigenvalue weighted by molar-refractivity contribution is 0.295. The average Bonchev–Trinajstić information content (AvgIpc) is 2.77. The van der Waals surface area contributed by atoms with E-state index in [1.54, 1.807) is 24.3 Å². The number of hydrogen-bond acceptors (Lipinski definition) is 9. The number of pyridine rings is 1. The van der Waals surface area contributed by atoms with Crippen LogP contribution in [0.3, 0.4) is 0 Å². The van der Waals surface area contributed by atoms with Crippen molar-refractivity contribution in [3.05, 3.63) is 58.4 Å². The first-order valence-corrected chi connectivity index (χ1v) is 13.1. The fourth-order valence-electron chi connectivity index (χ4n) is 3.98. The number of nitrogens with one attached hydrogen (secondary N) is 2. The summed E-state index contributed by atoms with van der Waals surface area (Å²) in [6.07, 6.45) is 2.82. The Bertz CT molecular complexity index is 1560. The first kappa shape index (κ1) is 23.3. The Kier molecular flexibility index (Phi) is 5.75. The van der Waals surface area contributed by atoms with E-state index in [4.69, 9.17) is 4.55 Å². The second-order valence-electron chi connectivity index (χ2n) is 8.15. The highest BCUT2D eigenvalue weighted by Gasteiger charge is 2.31. The summed E-state index contributed by atoms with van der Waals surface area (Å²) in [5.74, 6) is -0.707. The number of anilines is 2. The van der Waals surface area contributed by atoms with Gasteiger partial charge in [-0.3, -0.25) is 9.35 Å². The predicted molar refractivity (Wildman–Crippen MR) is 131 cm³/mol. The van der Waals surface area contributed by atoms with Crippen molar-refractivity contribution in [3.63, 3.8) is 0 Å². The lowest BCUT2D eigenvalue weighted by Gasteiger charge is -2.29. The van der Waals surface area contributed by atoms with Gasteiger partial charge in [0.1, 0.15) is 16.2 Å². The van der Waals surface area contributed by atoms with Gasteiger partial charge in [-0.15, -0.1) is 8.68 Å². The predicted octanol–water partition coefficient (Wildman–Crippen LogP) is 1.87. The topological polar surface area (TPSA) is 163 Å². The van der Waals surface area contributed by atoms with E-state index in [0.717, 1.165) is 24.3 Å². The number of nitrogens with zero attached hydrogens (tertiary/aromatic N) is 3. The Morgan fingerprint density at radius 1 is 1.26 bits per heavy atom. The van der Waals surface area contributed by atoms with Crippen molar-refractivity contribution in [1.82, 2.24) is 4.68 Å². The molecule has 0 radical (unpaired) electrons. The number of hydrogen-bond donors (Lipinski definition) is 4. The fraction of sp³-hybridized carbons (Fsp3) is 0.238. The number of aromatic hydroxyl groups is 1. The molecule has 0 spiro atoms. The molecule has 1 aromatic heterocycles. The maximum absolute atomic E-state index is 13.5. The molecular weight excluding hydrogens is 498 g/mol. The van der Waals surface area contributed by atoms with Crippen LogP contribution in [-0.4, -0.2) is 45.9 Å². The molecule has 0 saturated heterocycles. The molecule has 0 amide bonds. The maximum atomic E-state index is 13.5. The van der Waals surface area contributed by atoms with Gasteiger partial charge in [0.05, 0.1) is 16.9 Å². The molecule has 1 aliphatic heterocycles. The minimum atomic E-state index is -4.31. The van der Waals surface area contributed by atoms with Crippen LogP contribution >= 0.6 is 0 Å². The van der Waals surface area contributed by atoms with Crippen LogP contribution in [0.15, 0.2) is 56.6 Å². The lowest BCUT2D eigenvalue weighted by Crippen LogP contribution is -2.42. The molecule has 1 fully saturated rings. The summed E-state index contributed by atoms with van der Waals surface area (Å²) >= 11 is -2.61. The number of aromatic nitrogens is 1. The highest BCUT2D eigenvalue weighted by atomic mass is 32.2. The summed E-state index contributed by atoms with van der Waals surface area (Å²) in [5, 5.41) is 15.1. The monoisotopic (exact) mass is 519 g/mol. The summed E-state index contributed by atoms with van der Waals surface area (Å²) in [6, 6.07) is 10.9. The quantitative estimate of drug-likeness (QED) is 0.279. The van der Waals surface area contributed by atoms with Gasteiger partial charge in [-0.2, -0.15) is 12.6 Å². The van der Waals surface area contributed by atoms with Crippen molar-refractivity contribution in [1.29, 1.82) is 0 Å². The van der Waals surface area contributed by atoms with Gasteiger partial charge in [-0.25, -0.2) is 9.74 Å². The lowest BCUT2D eigenvalue weighted by atomic mass is 9.94. The highest BCUT2D eigenvalue weighted by Crippen LogP contribution is 2.34. The van der Waals surface area contributed by atoms with Crippen LogP contribution in [0.1, 0.15) is 24.8 Å². The second-order valence-corrected chi connectivity index (χ2v) is 10.3. The van der Waals surface area contributed by atoms with Crippen LogP contribution in [0.4, 0.5) is 11.4 Å². The Morgan fingerprint density at radius 3 is 2.69 bits per heavy atom. The molecule has 0 bridgehead atoms. The zero-order valence-electron chi connectivity index (χ0n) is 18.3. The van der Waals surface area contributed by atoms with E-state index < -0.39 is 32.7 Å². The van der Waals surface area contributed by atoms with Gasteiger partial charge in [0.25, 0.3) is 15.6 Å². The second kappa shape index (κ2) is 8.64. The van der Waals surface area contributed by atoms with Gasteiger partial charge in [-0.1, -0.05) is 12.1 Å². The minimum absolute atomic E-state index is 0.0880. The average molecular weight is 520 g/mol. The van der Waals surface area contributed by atoms with E-state index in [1.807, 2.05) is 0 Å². The molecule has 2 aromatic carbocycles. The van der Waals surface area contributed by atoms with E-state index in [0.29, 0.717) is 10.9 Å². The van der Waals surface area contributed by atoms with Gasteiger partial charge in [0, 0.05) is 18.5 Å². The first-order chi connectivity index (χ1) is 16.7. The summed E-state index contributed by atoms with van der Waals surface area (Å²) in [4.78, 5) is 13.3. The number of fused-ring (bicyclic) bond motifs is 2. The van der Waals surface area contributed by atoms with E-state index >= 15 is 0 Å². The molecule has 184 valence electrons. The number of amidine groups is 1. The number of hydroxylamine groups is 1. The molecule has 1 aliphatic carbocycles. The van der Waals surface area contributed by atoms with Crippen molar-refractivity contribution < 1.29 is 26.6 Å². The smallest absolute Gasteiger partial charge is 0.325 e. The minimum Gasteiger partial charge on any atom is -0.506 e. The molecule has 2 heterocycles. The normalized spacial score (nSPS) is 17.6. The molecule has 1 atom stereocenters. The van der Waals surface area contributed by atoms with Crippen LogP contribution in [-0.2, 0) is 25.7 Å². The van der Waals surface area contributed by atoms with Crippen molar-refractivity contribution >= 4 is 49.5 Å². The Balaban J connectivity index is 1.63. The summed E-state index contributed by atoms with van der Waals surface area (Å²) in [6.45, 7) is 0. The van der Waals surface area contributed by atoms with E-state index in [-0.39, 0.29) is 33.7 Å². The molecule has 3 aromatic rings. The standard InChI is InChI=1S/C21H21N5O7S2/c1-25(33-34(29)30)13-9-10-15-17(11-13)35(31,32)24-20(22-15)18-19(27)14-7-2-3-8-16(14)26(21(18)28)23-12-5-4-6-12/h2-3,7-12,23,27H,4-6H2,1H3,(H,22,24)(H,29,30). The molecule has 12 nitrogen and oxygen atoms in total. The zero-order valence-corrected chi connectivity index (χ0v) is 20.0. The maximum Gasteiger partial charge on any atom is 0.325 e. The first-order valence-electron chi connectivity index (χ1n) is 10.6. The third-order valence-corrected chi connectivity index (χ3v) is 7.62. The number of benzene rings is 2. The molecule has 2 aliphatic rings. The van der Waals surface area contributed by atoms with Gasteiger partial charge in [0.2, 0.25) is 0 Å². The number of sulfonamides is 1. The SMILES string of the molecule is CN(OS(=O)O)c1ccc2c(c1)S(=O)(=O)N=C(c1c(O)c3ccccc3n(NC3CCC3)c1=O)N2. The Hall–Kier alpha value is -3.46. The van der Waals surface area contributed by atoms with Crippen LogP contribution in [0.2, 0.25) is 0 Å². The molecule has 1 saturated carbocycles.